The quantitative estimate of drug-likeness (QED) is 0.832. The molecular weight excluding hydrogens is 304 g/mol. The first-order chi connectivity index (χ1) is 10.6. The van der Waals surface area contributed by atoms with E-state index >= 15 is 0 Å². The average Bonchev–Trinajstić information content (AvgIpc) is 3.05. The fraction of sp³-hybridized carbons (Fsp3) is 0.875. The molecule has 7 heteroatoms. The molecule has 5 nitrogen and oxygen atoms in total. The van der Waals surface area contributed by atoms with Gasteiger partial charge in [-0.3, -0.25) is 9.69 Å². The summed E-state index contributed by atoms with van der Waals surface area (Å²) >= 11 is 0. The molecule has 0 aliphatic carbocycles. The lowest BCUT2D eigenvalue weighted by molar-refractivity contribution is -0.133. The molecule has 2 fully saturated rings. The summed E-state index contributed by atoms with van der Waals surface area (Å²) in [6.07, 6.45) is 0.739. The molecule has 2 heterocycles. The van der Waals surface area contributed by atoms with Crippen molar-refractivity contribution >= 4 is 5.91 Å². The van der Waals surface area contributed by atoms with Crippen molar-refractivity contribution in [1.82, 2.24) is 9.80 Å². The molecule has 0 spiro atoms. The van der Waals surface area contributed by atoms with Crippen LogP contribution in [0.3, 0.4) is 0 Å². The van der Waals surface area contributed by atoms with Crippen molar-refractivity contribution < 1.29 is 18.7 Å². The van der Waals surface area contributed by atoms with E-state index in [2.05, 4.69) is 0 Å². The molecule has 0 saturated carbocycles. The molecule has 0 radical (unpaired) electrons. The summed E-state index contributed by atoms with van der Waals surface area (Å²) < 4.78 is 26.8. The summed E-state index contributed by atoms with van der Waals surface area (Å²) in [5, 5.41) is 18.8. The Morgan fingerprint density at radius 2 is 2.17 bits per heavy atom. The van der Waals surface area contributed by atoms with Crippen LogP contribution in [0, 0.1) is 17.2 Å². The highest BCUT2D eigenvalue weighted by Gasteiger charge is 2.43. The number of halogens is 2. The van der Waals surface area contributed by atoms with Crippen LogP contribution in [0.2, 0.25) is 0 Å². The van der Waals surface area contributed by atoms with Crippen molar-refractivity contribution in [2.75, 3.05) is 26.2 Å². The molecule has 0 aromatic rings. The first-order valence-corrected chi connectivity index (χ1v) is 8.14. The number of nitrogens with zero attached hydrogens (tertiary/aromatic N) is 3. The van der Waals surface area contributed by atoms with Crippen LogP contribution in [0.1, 0.15) is 39.5 Å². The largest absolute Gasteiger partial charge is 0.391 e. The van der Waals surface area contributed by atoms with E-state index in [0.29, 0.717) is 32.4 Å². The van der Waals surface area contributed by atoms with Crippen LogP contribution in [-0.2, 0) is 4.79 Å². The molecule has 1 N–H and O–H groups in total. The average molecular weight is 329 g/mol. The summed E-state index contributed by atoms with van der Waals surface area (Å²) in [5.74, 6) is -3.68. The number of hydrogen-bond acceptors (Lipinski definition) is 4. The Balaban J connectivity index is 1.90. The van der Waals surface area contributed by atoms with E-state index in [1.165, 1.54) is 4.90 Å². The Bertz CT molecular complexity index is 490. The van der Waals surface area contributed by atoms with Crippen LogP contribution in [-0.4, -0.2) is 64.6 Å². The number of carbonyl (C=O) groups is 1. The van der Waals surface area contributed by atoms with E-state index in [1.807, 2.05) is 19.9 Å². The molecule has 2 rings (SSSR count). The number of aliphatic hydroxyl groups is 1. The lowest BCUT2D eigenvalue weighted by Crippen LogP contribution is -2.44. The second kappa shape index (κ2) is 6.70. The van der Waals surface area contributed by atoms with Gasteiger partial charge in [0, 0.05) is 31.6 Å². The fourth-order valence-electron chi connectivity index (χ4n) is 3.31. The van der Waals surface area contributed by atoms with Crippen molar-refractivity contribution in [1.29, 1.82) is 5.26 Å². The molecule has 1 amide bonds. The summed E-state index contributed by atoms with van der Waals surface area (Å²) in [4.78, 5) is 15.6. The summed E-state index contributed by atoms with van der Waals surface area (Å²) in [6, 6.07) is 2.03. The zero-order chi connectivity index (χ0) is 17.3. The number of hydrogen-bond donors (Lipinski definition) is 1. The first kappa shape index (κ1) is 18.1. The minimum atomic E-state index is -2.65. The van der Waals surface area contributed by atoms with E-state index in [0.717, 1.165) is 0 Å². The fourth-order valence-corrected chi connectivity index (χ4v) is 3.31. The van der Waals surface area contributed by atoms with Gasteiger partial charge in [0.1, 0.15) is 5.92 Å². The molecule has 2 saturated heterocycles. The molecule has 2 atom stereocenters. The normalized spacial score (nSPS) is 26.3. The molecule has 2 aliphatic heterocycles. The predicted molar refractivity (Wildman–Crippen MR) is 80.8 cm³/mol. The minimum absolute atomic E-state index is 0.136. The Kier molecular flexibility index (Phi) is 5.27. The maximum atomic E-state index is 13.4. The topological polar surface area (TPSA) is 67.6 Å². The van der Waals surface area contributed by atoms with Crippen molar-refractivity contribution in [3.8, 4) is 6.07 Å². The predicted octanol–water partition coefficient (Wildman–Crippen LogP) is 1.62. The van der Waals surface area contributed by atoms with E-state index in [1.54, 1.807) is 4.90 Å². The second-order valence-electron chi connectivity index (χ2n) is 7.29. The van der Waals surface area contributed by atoms with Crippen LogP contribution >= 0.6 is 0 Å². The number of alkyl halides is 2. The van der Waals surface area contributed by atoms with E-state index < -0.39 is 23.5 Å². The molecule has 0 bridgehead atoms. The van der Waals surface area contributed by atoms with Crippen LogP contribution in [0.25, 0.3) is 0 Å². The van der Waals surface area contributed by atoms with Gasteiger partial charge in [-0.1, -0.05) is 0 Å². The standard InChI is InChI=1S/C16H25F2N3O2/c1-15(2,21-8-6-16(17,18)11-21)5-3-12(9-19)14(23)20-7-4-13(22)10-20/h12-13,22H,3-8,10-11H2,1-2H3/t12?,13-/m0/s1. The minimum Gasteiger partial charge on any atom is -0.391 e. The molecule has 1 unspecified atom stereocenters. The van der Waals surface area contributed by atoms with Crippen molar-refractivity contribution in [3.05, 3.63) is 0 Å². The van der Waals surface area contributed by atoms with Gasteiger partial charge < -0.3 is 10.0 Å². The number of carbonyl (C=O) groups excluding carboxylic acids is 1. The van der Waals surface area contributed by atoms with Gasteiger partial charge in [-0.2, -0.15) is 5.26 Å². The highest BCUT2D eigenvalue weighted by molar-refractivity contribution is 5.81. The van der Waals surface area contributed by atoms with Gasteiger partial charge in [0.15, 0.2) is 0 Å². The van der Waals surface area contributed by atoms with Crippen molar-refractivity contribution in [2.45, 2.75) is 57.1 Å². The molecule has 2 aliphatic rings. The van der Waals surface area contributed by atoms with Crippen LogP contribution in [0.5, 0.6) is 0 Å². The van der Waals surface area contributed by atoms with Gasteiger partial charge in [0.2, 0.25) is 5.91 Å². The van der Waals surface area contributed by atoms with Gasteiger partial charge in [-0.05, 0) is 33.1 Å². The number of amides is 1. The van der Waals surface area contributed by atoms with Gasteiger partial charge in [0.05, 0.1) is 18.7 Å². The van der Waals surface area contributed by atoms with Crippen LogP contribution in [0.15, 0.2) is 0 Å². The lowest BCUT2D eigenvalue weighted by Gasteiger charge is -2.36. The van der Waals surface area contributed by atoms with Crippen LogP contribution in [0.4, 0.5) is 8.78 Å². The number of β-amino-alcohol motifs (C(OH)–C–C–N with tert-alkyl or cyclic N) is 1. The zero-order valence-corrected chi connectivity index (χ0v) is 13.8. The summed E-state index contributed by atoms with van der Waals surface area (Å²) in [6.45, 7) is 4.59. The zero-order valence-electron chi connectivity index (χ0n) is 13.8. The Morgan fingerprint density at radius 1 is 1.48 bits per heavy atom. The number of nitriles is 1. The molecule has 0 aromatic carbocycles. The number of aliphatic hydroxyl groups excluding tert-OH is 1. The van der Waals surface area contributed by atoms with E-state index in [9.17, 15) is 23.9 Å². The van der Waals surface area contributed by atoms with Crippen molar-refractivity contribution in [2.24, 2.45) is 5.92 Å². The molecule has 0 aromatic heterocycles. The highest BCUT2D eigenvalue weighted by Crippen LogP contribution is 2.34. The lowest BCUT2D eigenvalue weighted by atomic mass is 9.91. The second-order valence-corrected chi connectivity index (χ2v) is 7.29. The summed E-state index contributed by atoms with van der Waals surface area (Å²) in [5.41, 5.74) is -0.472. The maximum Gasteiger partial charge on any atom is 0.261 e. The van der Waals surface area contributed by atoms with Gasteiger partial charge in [-0.15, -0.1) is 0 Å². The third-order valence-electron chi connectivity index (χ3n) is 5.00. The van der Waals surface area contributed by atoms with Gasteiger partial charge >= 0.3 is 0 Å². The Labute approximate surface area is 135 Å². The van der Waals surface area contributed by atoms with E-state index in [4.69, 9.17) is 0 Å². The van der Waals surface area contributed by atoms with Gasteiger partial charge in [0.25, 0.3) is 5.92 Å². The third kappa shape index (κ3) is 4.39. The van der Waals surface area contributed by atoms with Crippen LogP contribution < -0.4 is 0 Å². The first-order valence-electron chi connectivity index (χ1n) is 8.14. The number of rotatable bonds is 5. The Morgan fingerprint density at radius 3 is 2.65 bits per heavy atom. The number of likely N-dealkylation sites (tertiary alicyclic amines) is 2. The SMILES string of the molecule is CC(C)(CCC(C#N)C(=O)N1CC[C@H](O)C1)N1CCC(F)(F)C1. The Hall–Kier alpha value is -1.26. The monoisotopic (exact) mass is 329 g/mol. The van der Waals surface area contributed by atoms with Crippen molar-refractivity contribution in [3.63, 3.8) is 0 Å². The maximum absolute atomic E-state index is 13.4. The molecule has 23 heavy (non-hydrogen) atoms. The van der Waals surface area contributed by atoms with E-state index in [-0.39, 0.29) is 25.4 Å². The third-order valence-corrected chi connectivity index (χ3v) is 5.00. The van der Waals surface area contributed by atoms with Gasteiger partial charge in [-0.25, -0.2) is 8.78 Å². The molecule has 130 valence electrons. The highest BCUT2D eigenvalue weighted by atomic mass is 19.3. The smallest absolute Gasteiger partial charge is 0.261 e. The molecular formula is C16H25F2N3O2. The summed E-state index contributed by atoms with van der Waals surface area (Å²) in [7, 11) is 0.